The average Bonchev–Trinajstić information content (AvgIpc) is 2.52. The number of hydrogen-bond donors (Lipinski definition) is 2. The molecule has 1 fully saturated rings. The lowest BCUT2D eigenvalue weighted by molar-refractivity contribution is 0.0783. The maximum Gasteiger partial charge on any atom is 0.160 e. The van der Waals surface area contributed by atoms with Gasteiger partial charge in [-0.1, -0.05) is 19.8 Å². The second kappa shape index (κ2) is 6.47. The van der Waals surface area contributed by atoms with Crippen LogP contribution in [0.3, 0.4) is 0 Å². The molecule has 3 N–H and O–H groups in total. The molecule has 0 spiro atoms. The predicted octanol–water partition coefficient (Wildman–Crippen LogP) is 2.84. The van der Waals surface area contributed by atoms with Crippen LogP contribution in [0.1, 0.15) is 49.8 Å². The van der Waals surface area contributed by atoms with E-state index in [0.717, 1.165) is 25.9 Å². The van der Waals surface area contributed by atoms with Crippen molar-refractivity contribution in [2.45, 2.75) is 51.1 Å². The van der Waals surface area contributed by atoms with E-state index < -0.39 is 0 Å². The molecule has 0 saturated carbocycles. The Morgan fingerprint density at radius 1 is 1.41 bits per heavy atom. The molecule has 122 valence electrons. The van der Waals surface area contributed by atoms with Gasteiger partial charge in [0, 0.05) is 25.2 Å². The molecule has 0 bridgehead atoms. The molecule has 0 amide bonds. The van der Waals surface area contributed by atoms with E-state index in [-0.39, 0.29) is 11.8 Å². The standard InChI is InChI=1S/C18H28N2O2/c1-3-4-5-13-11-20-7-6-12-8-17(21)18(22-2)9-14(12)16(20)10-15(13)19/h8-9,13,15-16,21H,3-7,10-11,19H2,1-2H3/t13-,15+,16-/m1/s1. The summed E-state index contributed by atoms with van der Waals surface area (Å²) in [5, 5.41) is 9.99. The Balaban J connectivity index is 1.83. The Labute approximate surface area is 133 Å². The average molecular weight is 304 g/mol. The Morgan fingerprint density at radius 2 is 2.23 bits per heavy atom. The van der Waals surface area contributed by atoms with Gasteiger partial charge in [-0.2, -0.15) is 0 Å². The third-order valence-electron chi connectivity index (χ3n) is 5.41. The van der Waals surface area contributed by atoms with Gasteiger partial charge in [-0.05, 0) is 48.4 Å². The Bertz CT molecular complexity index is 532. The van der Waals surface area contributed by atoms with E-state index in [4.69, 9.17) is 10.5 Å². The lowest BCUT2D eigenvalue weighted by atomic mass is 9.79. The van der Waals surface area contributed by atoms with Crippen molar-refractivity contribution >= 4 is 0 Å². The Hall–Kier alpha value is -1.26. The van der Waals surface area contributed by atoms with E-state index in [1.807, 2.05) is 12.1 Å². The second-order valence-electron chi connectivity index (χ2n) is 6.79. The lowest BCUT2D eigenvalue weighted by Gasteiger charge is -2.46. The summed E-state index contributed by atoms with van der Waals surface area (Å²) >= 11 is 0. The fourth-order valence-electron chi connectivity index (χ4n) is 4.09. The van der Waals surface area contributed by atoms with Crippen LogP contribution in [-0.2, 0) is 6.42 Å². The molecular weight excluding hydrogens is 276 g/mol. The number of nitrogens with zero attached hydrogens (tertiary/aromatic N) is 1. The number of benzene rings is 1. The van der Waals surface area contributed by atoms with Crippen LogP contribution in [0.25, 0.3) is 0 Å². The highest BCUT2D eigenvalue weighted by Crippen LogP contribution is 2.42. The Kier molecular flexibility index (Phi) is 4.59. The first-order valence-electron chi connectivity index (χ1n) is 8.53. The van der Waals surface area contributed by atoms with Crippen LogP contribution in [0.4, 0.5) is 0 Å². The first kappa shape index (κ1) is 15.6. The number of methoxy groups -OCH3 is 1. The van der Waals surface area contributed by atoms with Gasteiger partial charge in [0.25, 0.3) is 0 Å². The van der Waals surface area contributed by atoms with Crippen molar-refractivity contribution in [2.24, 2.45) is 11.7 Å². The van der Waals surface area contributed by atoms with Crippen LogP contribution in [0.2, 0.25) is 0 Å². The molecule has 3 rings (SSSR count). The third-order valence-corrected chi connectivity index (χ3v) is 5.41. The number of nitrogens with two attached hydrogens (primary N) is 1. The summed E-state index contributed by atoms with van der Waals surface area (Å²) < 4.78 is 5.29. The summed E-state index contributed by atoms with van der Waals surface area (Å²) in [7, 11) is 1.61. The molecule has 0 aliphatic carbocycles. The molecule has 4 heteroatoms. The van der Waals surface area contributed by atoms with Crippen LogP contribution in [0, 0.1) is 5.92 Å². The summed E-state index contributed by atoms with van der Waals surface area (Å²) in [6.07, 6.45) is 5.77. The second-order valence-corrected chi connectivity index (χ2v) is 6.79. The van der Waals surface area contributed by atoms with Crippen LogP contribution >= 0.6 is 0 Å². The topological polar surface area (TPSA) is 58.7 Å². The lowest BCUT2D eigenvalue weighted by Crippen LogP contribution is -2.50. The fourth-order valence-corrected chi connectivity index (χ4v) is 4.09. The minimum Gasteiger partial charge on any atom is -0.504 e. The van der Waals surface area contributed by atoms with E-state index in [2.05, 4.69) is 11.8 Å². The van der Waals surface area contributed by atoms with Crippen LogP contribution in [0.15, 0.2) is 12.1 Å². The van der Waals surface area contributed by atoms with Gasteiger partial charge in [-0.3, -0.25) is 4.90 Å². The van der Waals surface area contributed by atoms with Crippen LogP contribution < -0.4 is 10.5 Å². The van der Waals surface area contributed by atoms with Gasteiger partial charge in [-0.25, -0.2) is 0 Å². The monoisotopic (exact) mass is 304 g/mol. The number of piperidine rings is 1. The van der Waals surface area contributed by atoms with Gasteiger partial charge in [-0.15, -0.1) is 0 Å². The van der Waals surface area contributed by atoms with E-state index in [9.17, 15) is 5.11 Å². The zero-order chi connectivity index (χ0) is 15.7. The molecule has 2 aliphatic heterocycles. The molecule has 0 aromatic heterocycles. The van der Waals surface area contributed by atoms with Crippen molar-refractivity contribution in [3.05, 3.63) is 23.3 Å². The molecular formula is C18H28N2O2. The Morgan fingerprint density at radius 3 is 2.95 bits per heavy atom. The highest BCUT2D eigenvalue weighted by atomic mass is 16.5. The molecule has 1 aromatic rings. The molecule has 0 radical (unpaired) electrons. The SMILES string of the molecule is CCCC[C@@H]1CN2CCc3cc(O)c(OC)cc3[C@H]2C[C@@H]1N. The third kappa shape index (κ3) is 2.82. The molecule has 2 heterocycles. The van der Waals surface area contributed by atoms with Crippen molar-refractivity contribution < 1.29 is 9.84 Å². The van der Waals surface area contributed by atoms with E-state index in [1.165, 1.54) is 30.4 Å². The van der Waals surface area contributed by atoms with Gasteiger partial charge in [0.1, 0.15) is 0 Å². The van der Waals surface area contributed by atoms with Crippen molar-refractivity contribution in [1.82, 2.24) is 4.90 Å². The maximum atomic E-state index is 9.99. The van der Waals surface area contributed by atoms with Crippen LogP contribution in [0.5, 0.6) is 11.5 Å². The molecule has 1 aromatic carbocycles. The van der Waals surface area contributed by atoms with Gasteiger partial charge < -0.3 is 15.6 Å². The minimum absolute atomic E-state index is 0.246. The minimum atomic E-state index is 0.246. The number of rotatable bonds is 4. The number of fused-ring (bicyclic) bond motifs is 3. The van der Waals surface area contributed by atoms with Crippen LogP contribution in [-0.4, -0.2) is 36.2 Å². The summed E-state index contributed by atoms with van der Waals surface area (Å²) in [5.41, 5.74) is 9.02. The normalized spacial score (nSPS) is 28.0. The van der Waals surface area contributed by atoms with Gasteiger partial charge in [0.05, 0.1) is 7.11 Å². The van der Waals surface area contributed by atoms with E-state index >= 15 is 0 Å². The summed E-state index contributed by atoms with van der Waals surface area (Å²) in [6, 6.07) is 4.55. The smallest absolute Gasteiger partial charge is 0.160 e. The highest BCUT2D eigenvalue weighted by Gasteiger charge is 2.37. The zero-order valence-electron chi connectivity index (χ0n) is 13.7. The number of aromatic hydroxyl groups is 1. The van der Waals surface area contributed by atoms with Crippen molar-refractivity contribution in [3.63, 3.8) is 0 Å². The zero-order valence-corrected chi connectivity index (χ0v) is 13.7. The number of unbranched alkanes of at least 4 members (excludes halogenated alkanes) is 1. The number of hydrogen-bond acceptors (Lipinski definition) is 4. The molecule has 22 heavy (non-hydrogen) atoms. The molecule has 2 aliphatic rings. The van der Waals surface area contributed by atoms with Gasteiger partial charge >= 0.3 is 0 Å². The van der Waals surface area contributed by atoms with E-state index in [1.54, 1.807) is 7.11 Å². The van der Waals surface area contributed by atoms with Gasteiger partial charge in [0.2, 0.25) is 0 Å². The summed E-state index contributed by atoms with van der Waals surface area (Å²) in [6.45, 7) is 4.42. The summed E-state index contributed by atoms with van der Waals surface area (Å²) in [4.78, 5) is 2.59. The number of phenols is 1. The quantitative estimate of drug-likeness (QED) is 0.898. The van der Waals surface area contributed by atoms with Crippen molar-refractivity contribution in [3.8, 4) is 11.5 Å². The highest BCUT2D eigenvalue weighted by molar-refractivity contribution is 5.48. The van der Waals surface area contributed by atoms with Crippen molar-refractivity contribution in [1.29, 1.82) is 0 Å². The predicted molar refractivity (Wildman–Crippen MR) is 88.3 cm³/mol. The number of ether oxygens (including phenoxy) is 1. The fraction of sp³-hybridized carbons (Fsp3) is 0.667. The van der Waals surface area contributed by atoms with Crippen molar-refractivity contribution in [2.75, 3.05) is 20.2 Å². The largest absolute Gasteiger partial charge is 0.504 e. The molecule has 3 atom stereocenters. The molecule has 4 nitrogen and oxygen atoms in total. The first-order chi connectivity index (χ1) is 10.6. The number of phenolic OH excluding ortho intramolecular Hbond substituents is 1. The maximum absolute atomic E-state index is 9.99. The first-order valence-corrected chi connectivity index (χ1v) is 8.53. The van der Waals surface area contributed by atoms with E-state index in [0.29, 0.717) is 17.7 Å². The van der Waals surface area contributed by atoms with Gasteiger partial charge in [0.15, 0.2) is 11.5 Å². The molecule has 0 unspecified atom stereocenters. The molecule has 1 saturated heterocycles. The summed E-state index contributed by atoms with van der Waals surface area (Å²) in [5.74, 6) is 1.44.